The normalized spacial score (nSPS) is 20.2. The van der Waals surface area contributed by atoms with Crippen molar-refractivity contribution < 1.29 is 23.8 Å². The number of aromatic nitrogens is 2. The lowest BCUT2D eigenvalue weighted by Crippen LogP contribution is -2.41. The van der Waals surface area contributed by atoms with Gasteiger partial charge in [0.05, 0.1) is 0 Å². The first-order valence-electron chi connectivity index (χ1n) is 11.9. The molecule has 1 saturated carbocycles. The number of carbonyl (C=O) groups is 2. The molecule has 2 aromatic rings. The number of likely N-dealkylation sites (N-methyl/N-ethyl adjacent to an activating group) is 1. The zero-order valence-electron chi connectivity index (χ0n) is 20.6. The molecule has 5 rings (SSSR count). The van der Waals surface area contributed by atoms with Gasteiger partial charge in [-0.05, 0) is 49.3 Å². The van der Waals surface area contributed by atoms with Crippen LogP contribution in [0.2, 0.25) is 0 Å². The highest BCUT2D eigenvalue weighted by Gasteiger charge is 2.46. The summed E-state index contributed by atoms with van der Waals surface area (Å²) < 4.78 is 20.6. The maximum absolute atomic E-state index is 13.1. The standard InChI is InChI=1S/C23H27FN4O5.C2H6/c1-27(2)17(29)13-33-23-9-7-15(8-10-23)12-28-21(32)19(30)18(26-22(23)28)20(31)25-11-14-3-5-16(24)6-4-14;1-2/h3-6,15,30H,7-13H2,1-2H3,(H,25,31);1-2H3. The summed E-state index contributed by atoms with van der Waals surface area (Å²) in [6.07, 6.45) is 2.69. The number of nitrogens with zero attached hydrogens (tertiary/aromatic N) is 3. The highest BCUT2D eigenvalue weighted by atomic mass is 19.1. The Hall–Kier alpha value is -3.27. The van der Waals surface area contributed by atoms with Crippen LogP contribution in [0.4, 0.5) is 4.39 Å². The fourth-order valence-electron chi connectivity index (χ4n) is 4.43. The highest BCUT2D eigenvalue weighted by molar-refractivity contribution is 5.94. The Labute approximate surface area is 203 Å². The molecule has 2 bridgehead atoms. The van der Waals surface area contributed by atoms with E-state index >= 15 is 0 Å². The van der Waals surface area contributed by atoms with E-state index in [0.717, 1.165) is 12.8 Å². The number of hydrogen-bond donors (Lipinski definition) is 2. The lowest BCUT2D eigenvalue weighted by atomic mass is 9.80. The number of fused-ring (bicyclic) bond motifs is 2. The molecule has 190 valence electrons. The van der Waals surface area contributed by atoms with Crippen LogP contribution in [0, 0.1) is 11.7 Å². The lowest BCUT2D eigenvalue weighted by molar-refractivity contribution is -0.146. The SMILES string of the molecule is CC.CN(C)C(=O)COC12CCC(CC1)Cn1c2nc(C(=O)NCc2ccc(F)cc2)c(O)c1=O. The number of benzene rings is 1. The van der Waals surface area contributed by atoms with E-state index in [4.69, 9.17) is 4.74 Å². The molecular formula is C25H33FN4O5. The molecule has 35 heavy (non-hydrogen) atoms. The van der Waals surface area contributed by atoms with Gasteiger partial charge >= 0.3 is 0 Å². The molecule has 2 aliphatic heterocycles. The van der Waals surface area contributed by atoms with Crippen molar-refractivity contribution in [3.05, 3.63) is 57.5 Å². The highest BCUT2D eigenvalue weighted by Crippen LogP contribution is 2.45. The zero-order chi connectivity index (χ0) is 25.8. The minimum absolute atomic E-state index is 0.0692. The molecule has 1 fully saturated rings. The number of nitrogens with one attached hydrogen (secondary N) is 1. The van der Waals surface area contributed by atoms with E-state index in [1.54, 1.807) is 14.1 Å². The number of ether oxygens (including phenoxy) is 1. The Kier molecular flexibility index (Phi) is 8.26. The van der Waals surface area contributed by atoms with Gasteiger partial charge in [-0.1, -0.05) is 26.0 Å². The Morgan fingerprint density at radius 3 is 2.46 bits per heavy atom. The van der Waals surface area contributed by atoms with Gasteiger partial charge in [-0.25, -0.2) is 9.37 Å². The van der Waals surface area contributed by atoms with E-state index in [-0.39, 0.29) is 36.5 Å². The fourth-order valence-corrected chi connectivity index (χ4v) is 4.43. The van der Waals surface area contributed by atoms with Gasteiger partial charge in [0.15, 0.2) is 5.69 Å². The summed E-state index contributed by atoms with van der Waals surface area (Å²) in [5.74, 6) is -1.57. The second-order valence-electron chi connectivity index (χ2n) is 8.87. The summed E-state index contributed by atoms with van der Waals surface area (Å²) in [6, 6.07) is 5.60. The molecule has 0 spiro atoms. The summed E-state index contributed by atoms with van der Waals surface area (Å²) in [7, 11) is 3.26. The first kappa shape index (κ1) is 26.3. The molecule has 0 radical (unpaired) electrons. The second kappa shape index (κ2) is 11.0. The number of halogens is 1. The quantitative estimate of drug-likeness (QED) is 0.646. The second-order valence-corrected chi connectivity index (χ2v) is 8.87. The van der Waals surface area contributed by atoms with Gasteiger partial charge in [0.1, 0.15) is 23.8 Å². The maximum Gasteiger partial charge on any atom is 0.296 e. The summed E-state index contributed by atoms with van der Waals surface area (Å²) in [5.41, 5.74) is -1.43. The molecule has 0 unspecified atom stereocenters. The maximum atomic E-state index is 13.1. The van der Waals surface area contributed by atoms with E-state index < -0.39 is 28.6 Å². The number of rotatable bonds is 6. The van der Waals surface area contributed by atoms with Crippen LogP contribution in [0.1, 0.15) is 61.4 Å². The minimum Gasteiger partial charge on any atom is -0.501 e. The summed E-state index contributed by atoms with van der Waals surface area (Å²) in [5, 5.41) is 13.1. The Morgan fingerprint density at radius 1 is 1.23 bits per heavy atom. The third kappa shape index (κ3) is 5.53. The predicted octanol–water partition coefficient (Wildman–Crippen LogP) is 2.55. The summed E-state index contributed by atoms with van der Waals surface area (Å²) in [6.45, 7) is 4.26. The molecule has 1 aliphatic carbocycles. The molecule has 1 aromatic heterocycles. The Balaban J connectivity index is 0.00000167. The Morgan fingerprint density at radius 2 is 1.86 bits per heavy atom. The number of hydrogen-bond acceptors (Lipinski definition) is 6. The molecule has 0 atom stereocenters. The van der Waals surface area contributed by atoms with Crippen LogP contribution < -0.4 is 10.9 Å². The van der Waals surface area contributed by atoms with Crippen molar-refractivity contribution in [1.82, 2.24) is 19.8 Å². The topological polar surface area (TPSA) is 114 Å². The van der Waals surface area contributed by atoms with Gasteiger partial charge in [0.25, 0.3) is 11.5 Å². The Bertz CT molecular complexity index is 1120. The van der Waals surface area contributed by atoms with Crippen molar-refractivity contribution in [2.45, 2.75) is 58.2 Å². The van der Waals surface area contributed by atoms with E-state index in [0.29, 0.717) is 24.9 Å². The molecule has 3 aliphatic rings. The minimum atomic E-state index is -0.989. The van der Waals surface area contributed by atoms with E-state index in [2.05, 4.69) is 10.3 Å². The van der Waals surface area contributed by atoms with Crippen LogP contribution in [0.5, 0.6) is 5.75 Å². The monoisotopic (exact) mass is 488 g/mol. The van der Waals surface area contributed by atoms with E-state index in [1.165, 1.54) is 33.7 Å². The number of amides is 2. The van der Waals surface area contributed by atoms with Crippen LogP contribution in [-0.2, 0) is 28.2 Å². The van der Waals surface area contributed by atoms with Crippen LogP contribution >= 0.6 is 0 Å². The molecule has 9 nitrogen and oxygen atoms in total. The van der Waals surface area contributed by atoms with Crippen molar-refractivity contribution >= 4 is 11.8 Å². The van der Waals surface area contributed by atoms with Crippen LogP contribution in [0.3, 0.4) is 0 Å². The van der Waals surface area contributed by atoms with E-state index in [1.807, 2.05) is 13.8 Å². The van der Waals surface area contributed by atoms with Crippen molar-refractivity contribution in [2.75, 3.05) is 20.7 Å². The molecule has 3 heterocycles. The van der Waals surface area contributed by atoms with Gasteiger partial charge in [-0.15, -0.1) is 0 Å². The first-order chi connectivity index (χ1) is 16.7. The third-order valence-electron chi connectivity index (χ3n) is 6.46. The predicted molar refractivity (Wildman–Crippen MR) is 127 cm³/mol. The molecule has 0 saturated heterocycles. The van der Waals surface area contributed by atoms with Crippen molar-refractivity contribution in [2.24, 2.45) is 5.92 Å². The van der Waals surface area contributed by atoms with Crippen molar-refractivity contribution in [3.8, 4) is 5.75 Å². The fraction of sp³-hybridized carbons (Fsp3) is 0.520. The van der Waals surface area contributed by atoms with Gasteiger partial charge in [0.2, 0.25) is 11.7 Å². The molecule has 2 N–H and O–H groups in total. The lowest BCUT2D eigenvalue weighted by Gasteiger charge is -2.36. The van der Waals surface area contributed by atoms with E-state index in [9.17, 15) is 23.9 Å². The molecule has 1 aromatic carbocycles. The number of carbonyl (C=O) groups excluding carboxylic acids is 2. The average Bonchev–Trinajstić information content (AvgIpc) is 3.12. The zero-order valence-corrected chi connectivity index (χ0v) is 20.6. The number of aromatic hydroxyl groups is 1. The van der Waals surface area contributed by atoms with Crippen molar-refractivity contribution in [1.29, 1.82) is 0 Å². The molecule has 2 amide bonds. The summed E-state index contributed by atoms with van der Waals surface area (Å²) >= 11 is 0. The summed E-state index contributed by atoms with van der Waals surface area (Å²) in [4.78, 5) is 43.9. The van der Waals surface area contributed by atoms with Gasteiger partial charge < -0.3 is 20.1 Å². The smallest absolute Gasteiger partial charge is 0.296 e. The molecular weight excluding hydrogens is 455 g/mol. The molecule has 10 heteroatoms. The average molecular weight is 489 g/mol. The van der Waals surface area contributed by atoms with Gasteiger partial charge in [-0.3, -0.25) is 19.0 Å². The van der Waals surface area contributed by atoms with Crippen LogP contribution in [0.15, 0.2) is 29.1 Å². The van der Waals surface area contributed by atoms with Gasteiger partial charge in [0, 0.05) is 27.2 Å². The first-order valence-corrected chi connectivity index (χ1v) is 11.9. The largest absolute Gasteiger partial charge is 0.501 e. The van der Waals surface area contributed by atoms with Gasteiger partial charge in [-0.2, -0.15) is 0 Å². The van der Waals surface area contributed by atoms with Crippen LogP contribution in [0.25, 0.3) is 0 Å². The van der Waals surface area contributed by atoms with Crippen LogP contribution in [-0.4, -0.2) is 52.1 Å². The third-order valence-corrected chi connectivity index (χ3v) is 6.46. The van der Waals surface area contributed by atoms with Crippen molar-refractivity contribution in [3.63, 3.8) is 0 Å².